The van der Waals surface area contributed by atoms with Gasteiger partial charge < -0.3 is 31.9 Å². The molecule has 5 heterocycles. The molecule has 3 aromatic rings. The van der Waals surface area contributed by atoms with Crippen molar-refractivity contribution in [2.75, 3.05) is 78.5 Å². The van der Waals surface area contributed by atoms with Gasteiger partial charge in [-0.1, -0.05) is 18.2 Å². The number of fused-ring (bicyclic) bond motifs is 4. The summed E-state index contributed by atoms with van der Waals surface area (Å²) in [6.07, 6.45) is 0. The van der Waals surface area contributed by atoms with Crippen LogP contribution < -0.4 is 31.9 Å². The molecule has 6 N–H and O–H groups in total. The maximum Gasteiger partial charge on any atom is 0.0545 e. The van der Waals surface area contributed by atoms with Crippen LogP contribution in [0, 0.1) is 0 Å². The van der Waals surface area contributed by atoms with E-state index >= 15 is 0 Å². The van der Waals surface area contributed by atoms with Crippen LogP contribution in [-0.2, 0) is 39.3 Å². The average Bonchev–Trinajstić information content (AvgIpc) is 3.04. The maximum atomic E-state index is 4.90. The summed E-state index contributed by atoms with van der Waals surface area (Å²) in [5.74, 6) is 0. The van der Waals surface area contributed by atoms with Crippen LogP contribution >= 0.6 is 0 Å². The summed E-state index contributed by atoms with van der Waals surface area (Å²) in [5.41, 5.74) is 6.62. The van der Waals surface area contributed by atoms with Gasteiger partial charge in [0.1, 0.15) is 0 Å². The second-order valence-electron chi connectivity index (χ2n) is 11.6. The molecule has 2 aliphatic heterocycles. The van der Waals surface area contributed by atoms with Crippen molar-refractivity contribution < 1.29 is 0 Å². The first-order chi connectivity index (χ1) is 21.8. The van der Waals surface area contributed by atoms with Gasteiger partial charge in [0.25, 0.3) is 0 Å². The van der Waals surface area contributed by atoms with Crippen LogP contribution in [-0.4, -0.2) is 103 Å². The Morgan fingerprint density at radius 2 is 0.864 bits per heavy atom. The van der Waals surface area contributed by atoms with Gasteiger partial charge >= 0.3 is 0 Å². The van der Waals surface area contributed by atoms with Crippen molar-refractivity contribution in [3.8, 4) is 0 Å². The van der Waals surface area contributed by atoms with E-state index in [1.807, 2.05) is 0 Å². The molecule has 11 heteroatoms. The third-order valence-corrected chi connectivity index (χ3v) is 8.06. The minimum Gasteiger partial charge on any atom is -0.310 e. The van der Waals surface area contributed by atoms with E-state index in [4.69, 9.17) is 15.0 Å². The fourth-order valence-corrected chi connectivity index (χ4v) is 5.57. The first-order valence-electron chi connectivity index (χ1n) is 16.3. The Bertz CT molecular complexity index is 1090. The highest BCUT2D eigenvalue weighted by Crippen LogP contribution is 2.03. The number of nitrogens with zero attached hydrogens (tertiary/aromatic N) is 5. The van der Waals surface area contributed by atoms with Gasteiger partial charge in [0.2, 0.25) is 0 Å². The molecule has 0 saturated carbocycles. The lowest BCUT2D eigenvalue weighted by molar-refractivity contribution is 0.269. The van der Waals surface area contributed by atoms with E-state index in [1.54, 1.807) is 0 Å². The average molecular weight is 602 g/mol. The van der Waals surface area contributed by atoms with E-state index in [9.17, 15) is 0 Å². The molecule has 0 radical (unpaired) electrons. The van der Waals surface area contributed by atoms with Crippen molar-refractivity contribution in [3.05, 3.63) is 88.8 Å². The first kappa shape index (κ1) is 32.5. The Labute approximate surface area is 263 Å². The minimum atomic E-state index is 0.783. The summed E-state index contributed by atoms with van der Waals surface area (Å²) >= 11 is 0. The van der Waals surface area contributed by atoms with E-state index in [2.05, 4.69) is 96.3 Å². The van der Waals surface area contributed by atoms with Crippen molar-refractivity contribution in [1.29, 1.82) is 0 Å². The maximum absolute atomic E-state index is 4.90. The van der Waals surface area contributed by atoms with E-state index in [0.29, 0.717) is 0 Å². The molecule has 0 aliphatic carbocycles. The molecule has 5 rings (SSSR count). The Morgan fingerprint density at radius 3 is 1.25 bits per heavy atom. The Hall–Kier alpha value is -2.87. The summed E-state index contributed by atoms with van der Waals surface area (Å²) < 4.78 is 0. The number of aromatic nitrogens is 3. The van der Waals surface area contributed by atoms with E-state index in [-0.39, 0.29) is 0 Å². The molecule has 4 bridgehead atoms. The number of nitrogens with one attached hydrogen (secondary N) is 6. The molecule has 2 aliphatic rings. The molecular weight excluding hydrogens is 550 g/mol. The smallest absolute Gasteiger partial charge is 0.0545 e. The fourth-order valence-electron chi connectivity index (χ4n) is 5.57. The largest absolute Gasteiger partial charge is 0.310 e. The normalized spacial score (nSPS) is 18.0. The van der Waals surface area contributed by atoms with Crippen LogP contribution in [0.3, 0.4) is 0 Å². The molecule has 0 aromatic carbocycles. The lowest BCUT2D eigenvalue weighted by Crippen LogP contribution is -2.41. The molecule has 3 aromatic heterocycles. The lowest BCUT2D eigenvalue weighted by Gasteiger charge is -2.24. The second-order valence-corrected chi connectivity index (χ2v) is 11.6. The summed E-state index contributed by atoms with van der Waals surface area (Å²) in [6, 6.07) is 18.9. The topological polar surface area (TPSA) is 117 Å². The molecule has 0 unspecified atom stereocenters. The van der Waals surface area contributed by atoms with Crippen LogP contribution in [0.5, 0.6) is 0 Å². The standard InChI is InChI=1S/C33H51N11/c1-4-28-22-34-10-16-43(17-11-35-23-29(5-1)40-28)20-14-38-26-32-8-3-9-33(42-32)27-39-15-21-44-18-12-36-24-30-6-2-7-31(41-30)25-37-13-19-44/h1-9,34-39H,10-27H2. The third-order valence-electron chi connectivity index (χ3n) is 8.06. The Balaban J connectivity index is 0.965. The molecule has 44 heavy (non-hydrogen) atoms. The van der Waals surface area contributed by atoms with Crippen LogP contribution in [0.2, 0.25) is 0 Å². The number of pyridine rings is 3. The van der Waals surface area contributed by atoms with Gasteiger partial charge in [-0.3, -0.25) is 24.8 Å². The molecule has 0 spiro atoms. The summed E-state index contributed by atoms with van der Waals surface area (Å²) in [5, 5.41) is 21.4. The fraction of sp³-hybridized carbons (Fsp3) is 0.545. The van der Waals surface area contributed by atoms with Gasteiger partial charge in [-0.05, 0) is 36.4 Å². The summed E-state index contributed by atoms with van der Waals surface area (Å²) in [7, 11) is 0. The lowest BCUT2D eigenvalue weighted by atomic mass is 10.2. The highest BCUT2D eigenvalue weighted by molar-refractivity contribution is 5.13. The van der Waals surface area contributed by atoms with E-state index in [0.717, 1.165) is 152 Å². The molecule has 0 amide bonds. The first-order valence-corrected chi connectivity index (χ1v) is 16.3. The molecular formula is C33H51N11. The number of hydrogen-bond donors (Lipinski definition) is 6. The molecule has 11 nitrogen and oxygen atoms in total. The minimum absolute atomic E-state index is 0.783. The number of hydrogen-bond acceptors (Lipinski definition) is 11. The molecule has 0 atom stereocenters. The van der Waals surface area contributed by atoms with E-state index in [1.165, 1.54) is 0 Å². The van der Waals surface area contributed by atoms with Gasteiger partial charge in [0.05, 0.1) is 34.2 Å². The van der Waals surface area contributed by atoms with Crippen LogP contribution in [0.4, 0.5) is 0 Å². The zero-order valence-electron chi connectivity index (χ0n) is 26.2. The van der Waals surface area contributed by atoms with Crippen LogP contribution in [0.1, 0.15) is 34.2 Å². The number of rotatable bonds is 10. The monoisotopic (exact) mass is 601 g/mol. The van der Waals surface area contributed by atoms with Crippen LogP contribution in [0.15, 0.2) is 54.6 Å². The molecule has 238 valence electrons. The highest BCUT2D eigenvalue weighted by Gasteiger charge is 2.09. The predicted molar refractivity (Wildman–Crippen MR) is 176 cm³/mol. The van der Waals surface area contributed by atoms with Crippen molar-refractivity contribution in [3.63, 3.8) is 0 Å². The highest BCUT2D eigenvalue weighted by atomic mass is 15.2. The quantitative estimate of drug-likeness (QED) is 0.182. The van der Waals surface area contributed by atoms with Crippen molar-refractivity contribution in [2.45, 2.75) is 39.3 Å². The second kappa shape index (κ2) is 18.8. The molecule has 0 fully saturated rings. The van der Waals surface area contributed by atoms with Gasteiger partial charge in [-0.25, -0.2) is 0 Å². The van der Waals surface area contributed by atoms with Gasteiger partial charge in [-0.2, -0.15) is 0 Å². The third kappa shape index (κ3) is 11.9. The zero-order valence-corrected chi connectivity index (χ0v) is 26.2. The van der Waals surface area contributed by atoms with Gasteiger partial charge in [0, 0.05) is 118 Å². The Morgan fingerprint density at radius 1 is 0.500 bits per heavy atom. The summed E-state index contributed by atoms with van der Waals surface area (Å²) in [4.78, 5) is 19.4. The molecule has 0 saturated heterocycles. The predicted octanol–water partition coefficient (Wildman–Crippen LogP) is 0.441. The van der Waals surface area contributed by atoms with Crippen molar-refractivity contribution in [1.82, 2.24) is 56.7 Å². The van der Waals surface area contributed by atoms with Crippen molar-refractivity contribution in [2.24, 2.45) is 0 Å². The Kier molecular flexibility index (Phi) is 13.9. The zero-order chi connectivity index (χ0) is 30.1. The van der Waals surface area contributed by atoms with E-state index < -0.39 is 0 Å². The van der Waals surface area contributed by atoms with Gasteiger partial charge in [-0.15, -0.1) is 0 Å². The summed E-state index contributed by atoms with van der Waals surface area (Å²) in [6.45, 7) is 16.7. The van der Waals surface area contributed by atoms with Gasteiger partial charge in [0.15, 0.2) is 0 Å². The SMILES string of the molecule is c1cc2nc(c1)CNCCN(CCNCc1cccc(CNCCN3CCNCc4cccc(n4)CNCC3)n1)CCNC2. The van der Waals surface area contributed by atoms with Crippen molar-refractivity contribution >= 4 is 0 Å². The van der Waals surface area contributed by atoms with Crippen LogP contribution in [0.25, 0.3) is 0 Å².